The first-order valence-corrected chi connectivity index (χ1v) is 10.2. The first-order valence-electron chi connectivity index (χ1n) is 8.65. The van der Waals surface area contributed by atoms with Crippen molar-refractivity contribution < 1.29 is 13.2 Å². The van der Waals surface area contributed by atoms with E-state index >= 15 is 0 Å². The van der Waals surface area contributed by atoms with Gasteiger partial charge in [0.15, 0.2) is 0 Å². The predicted octanol–water partition coefficient (Wildman–Crippen LogP) is 2.81. The van der Waals surface area contributed by atoms with E-state index in [2.05, 4.69) is 4.90 Å². The normalized spacial score (nSPS) is 16.8. The van der Waals surface area contributed by atoms with Crippen LogP contribution in [0, 0.1) is 0 Å². The summed E-state index contributed by atoms with van der Waals surface area (Å²) in [6.45, 7) is 3.29. The first-order chi connectivity index (χ1) is 12.6. The summed E-state index contributed by atoms with van der Waals surface area (Å²) >= 11 is 0. The lowest BCUT2D eigenvalue weighted by molar-refractivity contribution is 0.182. The smallest absolute Gasteiger partial charge is 0.236 e. The SMILES string of the molecule is COc1ccc(CN2CCN(S(=O)(=O)C=Cc3ccccc3)CC2)cc1. The second-order valence-corrected chi connectivity index (χ2v) is 8.10. The minimum Gasteiger partial charge on any atom is -0.497 e. The van der Waals surface area contributed by atoms with Crippen molar-refractivity contribution in [2.24, 2.45) is 0 Å². The van der Waals surface area contributed by atoms with E-state index in [9.17, 15) is 8.42 Å². The molecule has 1 aliphatic rings. The van der Waals surface area contributed by atoms with Gasteiger partial charge in [-0.25, -0.2) is 8.42 Å². The third-order valence-electron chi connectivity index (χ3n) is 4.49. The molecule has 138 valence electrons. The zero-order valence-electron chi connectivity index (χ0n) is 14.9. The highest BCUT2D eigenvalue weighted by atomic mass is 32.2. The lowest BCUT2D eigenvalue weighted by atomic mass is 10.2. The Morgan fingerprint density at radius 1 is 0.962 bits per heavy atom. The summed E-state index contributed by atoms with van der Waals surface area (Å²) in [5.74, 6) is 0.842. The van der Waals surface area contributed by atoms with Gasteiger partial charge in [-0.3, -0.25) is 4.90 Å². The largest absolute Gasteiger partial charge is 0.497 e. The molecule has 0 spiro atoms. The molecule has 2 aromatic carbocycles. The molecule has 0 atom stereocenters. The monoisotopic (exact) mass is 372 g/mol. The zero-order valence-corrected chi connectivity index (χ0v) is 15.7. The number of nitrogens with zero attached hydrogens (tertiary/aromatic N) is 2. The van der Waals surface area contributed by atoms with Crippen LogP contribution in [-0.4, -0.2) is 50.9 Å². The molecule has 0 aliphatic carbocycles. The van der Waals surface area contributed by atoms with Gasteiger partial charge in [0.25, 0.3) is 0 Å². The Bertz CT molecular complexity index is 825. The van der Waals surface area contributed by atoms with Crippen molar-refractivity contribution in [3.63, 3.8) is 0 Å². The third-order valence-corrected chi connectivity index (χ3v) is 6.05. The van der Waals surface area contributed by atoms with Crippen molar-refractivity contribution in [3.8, 4) is 5.75 Å². The maximum absolute atomic E-state index is 12.5. The molecular formula is C20H24N2O3S. The summed E-state index contributed by atoms with van der Waals surface area (Å²) < 4.78 is 31.7. The molecule has 2 aromatic rings. The molecule has 3 rings (SSSR count). The molecule has 0 radical (unpaired) electrons. The van der Waals surface area contributed by atoms with E-state index in [0.29, 0.717) is 13.1 Å². The number of benzene rings is 2. The standard InChI is InChI=1S/C20H24N2O3S/c1-25-20-9-7-19(8-10-20)17-21-12-14-22(15-13-21)26(23,24)16-11-18-5-3-2-4-6-18/h2-11,16H,12-15,17H2,1H3. The molecule has 1 saturated heterocycles. The number of piperazine rings is 1. The second-order valence-electron chi connectivity index (χ2n) is 6.28. The summed E-state index contributed by atoms with van der Waals surface area (Å²) in [5, 5.41) is 1.31. The molecule has 5 nitrogen and oxygen atoms in total. The van der Waals surface area contributed by atoms with Crippen LogP contribution in [0.4, 0.5) is 0 Å². The molecular weight excluding hydrogens is 348 g/mol. The van der Waals surface area contributed by atoms with Crippen molar-refractivity contribution >= 4 is 16.1 Å². The maximum atomic E-state index is 12.5. The molecule has 0 unspecified atom stereocenters. The van der Waals surface area contributed by atoms with E-state index in [0.717, 1.165) is 30.9 Å². The van der Waals surface area contributed by atoms with Gasteiger partial charge in [0.05, 0.1) is 7.11 Å². The van der Waals surface area contributed by atoms with Crippen LogP contribution >= 0.6 is 0 Å². The van der Waals surface area contributed by atoms with Crippen molar-refractivity contribution in [1.82, 2.24) is 9.21 Å². The average Bonchev–Trinajstić information content (AvgIpc) is 2.68. The van der Waals surface area contributed by atoms with Crippen molar-refractivity contribution in [3.05, 3.63) is 71.1 Å². The van der Waals surface area contributed by atoms with Crippen molar-refractivity contribution in [2.45, 2.75) is 6.54 Å². The molecule has 0 amide bonds. The van der Waals surface area contributed by atoms with E-state index in [-0.39, 0.29) is 0 Å². The minimum absolute atomic E-state index is 0.512. The molecule has 6 heteroatoms. The molecule has 0 aromatic heterocycles. The Hall–Kier alpha value is -2.15. The Morgan fingerprint density at radius 2 is 1.62 bits per heavy atom. The lowest BCUT2D eigenvalue weighted by Crippen LogP contribution is -2.47. The number of hydrogen-bond acceptors (Lipinski definition) is 4. The van der Waals surface area contributed by atoms with Crippen molar-refractivity contribution in [1.29, 1.82) is 0 Å². The van der Waals surface area contributed by atoms with Crippen LogP contribution in [0.1, 0.15) is 11.1 Å². The molecule has 1 aliphatic heterocycles. The number of hydrogen-bond donors (Lipinski definition) is 0. The van der Waals surface area contributed by atoms with Gasteiger partial charge in [-0.2, -0.15) is 4.31 Å². The van der Waals surface area contributed by atoms with Crippen molar-refractivity contribution in [2.75, 3.05) is 33.3 Å². The quantitative estimate of drug-likeness (QED) is 0.782. The van der Waals surface area contributed by atoms with Gasteiger partial charge < -0.3 is 4.74 Å². The van der Waals surface area contributed by atoms with Crippen LogP contribution in [0.15, 0.2) is 60.0 Å². The zero-order chi connectivity index (χ0) is 18.4. The fourth-order valence-electron chi connectivity index (χ4n) is 2.95. The number of sulfonamides is 1. The van der Waals surface area contributed by atoms with Gasteiger partial charge in [0.2, 0.25) is 10.0 Å². The van der Waals surface area contributed by atoms with Crippen LogP contribution in [0.3, 0.4) is 0 Å². The fraction of sp³-hybridized carbons (Fsp3) is 0.300. The Kier molecular flexibility index (Phi) is 6.08. The predicted molar refractivity (Wildman–Crippen MR) is 104 cm³/mol. The number of methoxy groups -OCH3 is 1. The van der Waals surface area contributed by atoms with Gasteiger partial charge in [0, 0.05) is 38.1 Å². The number of ether oxygens (including phenoxy) is 1. The van der Waals surface area contributed by atoms with Crippen LogP contribution in [0.2, 0.25) is 0 Å². The number of rotatable bonds is 6. The van der Waals surface area contributed by atoms with Crippen LogP contribution in [0.5, 0.6) is 5.75 Å². The van der Waals surface area contributed by atoms with Gasteiger partial charge in [-0.1, -0.05) is 42.5 Å². The highest BCUT2D eigenvalue weighted by molar-refractivity contribution is 7.92. The molecule has 0 bridgehead atoms. The Balaban J connectivity index is 1.54. The van der Waals surface area contributed by atoms with Crippen LogP contribution in [0.25, 0.3) is 6.08 Å². The summed E-state index contributed by atoms with van der Waals surface area (Å²) in [6.07, 6.45) is 1.65. The summed E-state index contributed by atoms with van der Waals surface area (Å²) in [6, 6.07) is 17.5. The van der Waals surface area contributed by atoms with Gasteiger partial charge in [0.1, 0.15) is 5.75 Å². The van der Waals surface area contributed by atoms with Crippen LogP contribution in [-0.2, 0) is 16.6 Å². The summed E-state index contributed by atoms with van der Waals surface area (Å²) in [4.78, 5) is 2.27. The minimum atomic E-state index is -3.38. The van der Waals surface area contributed by atoms with Gasteiger partial charge >= 0.3 is 0 Å². The van der Waals surface area contributed by atoms with E-state index < -0.39 is 10.0 Å². The lowest BCUT2D eigenvalue weighted by Gasteiger charge is -2.33. The second kappa shape index (κ2) is 8.49. The van der Waals surface area contributed by atoms with E-state index in [1.54, 1.807) is 17.5 Å². The van der Waals surface area contributed by atoms with E-state index in [4.69, 9.17) is 4.74 Å². The highest BCUT2D eigenvalue weighted by Crippen LogP contribution is 2.16. The van der Waals surface area contributed by atoms with E-state index in [1.807, 2.05) is 54.6 Å². The summed E-state index contributed by atoms with van der Waals surface area (Å²) in [7, 11) is -1.72. The third kappa shape index (κ3) is 4.94. The van der Waals surface area contributed by atoms with Crippen LogP contribution < -0.4 is 4.74 Å². The average molecular weight is 372 g/mol. The highest BCUT2D eigenvalue weighted by Gasteiger charge is 2.24. The first kappa shape index (κ1) is 18.6. The summed E-state index contributed by atoms with van der Waals surface area (Å²) in [5.41, 5.74) is 2.08. The molecule has 1 fully saturated rings. The van der Waals surface area contributed by atoms with Gasteiger partial charge in [-0.05, 0) is 29.3 Å². The topological polar surface area (TPSA) is 49.9 Å². The van der Waals surface area contributed by atoms with E-state index in [1.165, 1.54) is 11.0 Å². The Labute approximate surface area is 155 Å². The molecule has 26 heavy (non-hydrogen) atoms. The maximum Gasteiger partial charge on any atom is 0.236 e. The molecule has 0 N–H and O–H groups in total. The molecule has 0 saturated carbocycles. The van der Waals surface area contributed by atoms with Gasteiger partial charge in [-0.15, -0.1) is 0 Å². The Morgan fingerprint density at radius 3 is 2.23 bits per heavy atom. The fourth-order valence-corrected chi connectivity index (χ4v) is 4.12. The molecule has 1 heterocycles.